The van der Waals surface area contributed by atoms with Crippen LogP contribution in [-0.2, 0) is 14.3 Å². The van der Waals surface area contributed by atoms with Crippen LogP contribution in [-0.4, -0.2) is 62.2 Å². The summed E-state index contributed by atoms with van der Waals surface area (Å²) < 4.78 is 10.4. The Kier molecular flexibility index (Phi) is 8.19. The molecule has 9 heteroatoms. The Balaban J connectivity index is 1.72. The van der Waals surface area contributed by atoms with E-state index in [9.17, 15) is 14.4 Å². The third kappa shape index (κ3) is 6.50. The van der Waals surface area contributed by atoms with E-state index in [-0.39, 0.29) is 29.2 Å². The zero-order valence-corrected chi connectivity index (χ0v) is 20.6. The van der Waals surface area contributed by atoms with Crippen molar-refractivity contribution in [3.63, 3.8) is 0 Å². The smallest absolute Gasteiger partial charge is 0.322 e. The van der Waals surface area contributed by atoms with Gasteiger partial charge in [0.2, 0.25) is 5.91 Å². The van der Waals surface area contributed by atoms with E-state index in [1.165, 1.54) is 7.11 Å². The second-order valence-corrected chi connectivity index (χ2v) is 10.0. The molecule has 3 atom stereocenters. The number of benzene rings is 1. The van der Waals surface area contributed by atoms with Crippen LogP contribution in [0.1, 0.15) is 50.5 Å². The van der Waals surface area contributed by atoms with Crippen molar-refractivity contribution >= 4 is 28.7 Å². The molecule has 1 saturated heterocycles. The second-order valence-electron chi connectivity index (χ2n) is 10.0. The summed E-state index contributed by atoms with van der Waals surface area (Å²) in [4.78, 5) is 40.7. The van der Waals surface area contributed by atoms with Gasteiger partial charge in [-0.05, 0) is 42.9 Å². The number of carbonyl (C=O) groups is 3. The minimum absolute atomic E-state index is 0.0375. The van der Waals surface area contributed by atoms with Crippen LogP contribution >= 0.6 is 0 Å². The fourth-order valence-corrected chi connectivity index (χ4v) is 4.45. The van der Waals surface area contributed by atoms with E-state index >= 15 is 0 Å². The predicted octanol–water partition coefficient (Wildman–Crippen LogP) is 2.37. The molecule has 1 aliphatic rings. The molecule has 0 aliphatic carbocycles. The van der Waals surface area contributed by atoms with Gasteiger partial charge >= 0.3 is 5.97 Å². The fourth-order valence-electron chi connectivity index (χ4n) is 4.45. The molecule has 2 heterocycles. The van der Waals surface area contributed by atoms with E-state index < -0.39 is 12.0 Å². The van der Waals surface area contributed by atoms with Crippen LogP contribution in [0.3, 0.4) is 0 Å². The molecule has 2 aromatic rings. The average Bonchev–Trinajstić information content (AvgIpc) is 3.40. The molecule has 0 bridgehead atoms. The molecule has 1 fully saturated rings. The SMILES string of the molecule is COC(=O)C(C[C@@H]1CCNC1=O)NCC(CC(C)(C)C)NC(=O)c1cc2c(OC)cccc2[nH]1. The van der Waals surface area contributed by atoms with Gasteiger partial charge in [-0.25, -0.2) is 0 Å². The number of esters is 1. The summed E-state index contributed by atoms with van der Waals surface area (Å²) in [6, 6.07) is 6.51. The maximum Gasteiger partial charge on any atom is 0.322 e. The lowest BCUT2D eigenvalue weighted by atomic mass is 9.87. The minimum Gasteiger partial charge on any atom is -0.496 e. The maximum absolute atomic E-state index is 13.1. The normalized spacial score (nSPS) is 17.8. The van der Waals surface area contributed by atoms with E-state index in [4.69, 9.17) is 9.47 Å². The summed E-state index contributed by atoms with van der Waals surface area (Å²) in [6.07, 6.45) is 1.74. The molecule has 1 aromatic carbocycles. The van der Waals surface area contributed by atoms with Crippen molar-refractivity contribution in [3.8, 4) is 5.75 Å². The summed E-state index contributed by atoms with van der Waals surface area (Å²) in [5.74, 6) is -0.224. The number of H-pyrrole nitrogens is 1. The van der Waals surface area contributed by atoms with Crippen LogP contribution in [0.15, 0.2) is 24.3 Å². The predicted molar refractivity (Wildman–Crippen MR) is 130 cm³/mol. The minimum atomic E-state index is -0.629. The van der Waals surface area contributed by atoms with Crippen LogP contribution in [0.4, 0.5) is 0 Å². The zero-order chi connectivity index (χ0) is 24.9. The van der Waals surface area contributed by atoms with Crippen molar-refractivity contribution in [2.24, 2.45) is 11.3 Å². The molecule has 3 rings (SSSR count). The molecule has 0 radical (unpaired) electrons. The summed E-state index contributed by atoms with van der Waals surface area (Å²) in [5.41, 5.74) is 1.19. The number of rotatable bonds is 10. The number of hydrogen-bond acceptors (Lipinski definition) is 6. The van der Waals surface area contributed by atoms with Crippen molar-refractivity contribution in [1.29, 1.82) is 0 Å². The molecule has 0 spiro atoms. The number of ether oxygens (including phenoxy) is 2. The Labute approximate surface area is 200 Å². The number of methoxy groups -OCH3 is 2. The lowest BCUT2D eigenvalue weighted by Crippen LogP contribution is -2.49. The number of carbonyl (C=O) groups excluding carboxylic acids is 3. The Hall–Kier alpha value is -3.07. The van der Waals surface area contributed by atoms with Gasteiger partial charge in [0.05, 0.1) is 14.2 Å². The second kappa shape index (κ2) is 10.9. The van der Waals surface area contributed by atoms with Gasteiger partial charge in [-0.2, -0.15) is 0 Å². The van der Waals surface area contributed by atoms with Gasteiger partial charge in [-0.1, -0.05) is 26.8 Å². The number of amides is 2. The Morgan fingerprint density at radius 3 is 2.62 bits per heavy atom. The lowest BCUT2D eigenvalue weighted by Gasteiger charge is -2.28. The molecule has 2 unspecified atom stereocenters. The van der Waals surface area contributed by atoms with Crippen molar-refractivity contribution < 1.29 is 23.9 Å². The molecule has 1 aliphatic heterocycles. The third-order valence-corrected chi connectivity index (χ3v) is 6.06. The van der Waals surface area contributed by atoms with Gasteiger partial charge in [-0.3, -0.25) is 14.4 Å². The molecule has 1 aromatic heterocycles. The van der Waals surface area contributed by atoms with Crippen molar-refractivity contribution in [2.75, 3.05) is 27.3 Å². The van der Waals surface area contributed by atoms with Crippen molar-refractivity contribution in [3.05, 3.63) is 30.0 Å². The fraction of sp³-hybridized carbons (Fsp3) is 0.560. The van der Waals surface area contributed by atoms with E-state index in [0.717, 1.165) is 10.9 Å². The van der Waals surface area contributed by atoms with Crippen LogP contribution in [0.5, 0.6) is 5.75 Å². The first-order valence-corrected chi connectivity index (χ1v) is 11.7. The summed E-state index contributed by atoms with van der Waals surface area (Å²) in [5, 5.41) is 9.98. The first-order valence-electron chi connectivity index (χ1n) is 11.7. The van der Waals surface area contributed by atoms with Crippen LogP contribution < -0.4 is 20.7 Å². The molecule has 9 nitrogen and oxygen atoms in total. The molecular weight excluding hydrogens is 436 g/mol. The van der Waals surface area contributed by atoms with E-state index in [2.05, 4.69) is 41.7 Å². The molecule has 186 valence electrons. The molecular formula is C25H36N4O5. The molecule has 2 amide bonds. The van der Waals surface area contributed by atoms with Gasteiger partial charge in [0, 0.05) is 36.0 Å². The number of aromatic nitrogens is 1. The monoisotopic (exact) mass is 472 g/mol. The van der Waals surface area contributed by atoms with Crippen LogP contribution in [0.2, 0.25) is 0 Å². The Morgan fingerprint density at radius 1 is 1.24 bits per heavy atom. The third-order valence-electron chi connectivity index (χ3n) is 6.06. The van der Waals surface area contributed by atoms with E-state index in [1.54, 1.807) is 13.2 Å². The number of aromatic amines is 1. The first-order chi connectivity index (χ1) is 16.1. The number of hydrogen-bond donors (Lipinski definition) is 4. The molecule has 4 N–H and O–H groups in total. The average molecular weight is 473 g/mol. The molecule has 0 saturated carbocycles. The van der Waals surface area contributed by atoms with E-state index in [0.29, 0.717) is 43.8 Å². The zero-order valence-electron chi connectivity index (χ0n) is 20.6. The van der Waals surface area contributed by atoms with Crippen LogP contribution in [0.25, 0.3) is 10.9 Å². The standard InChI is InChI=1S/C25H36N4O5/c1-25(2,3)13-16(14-27-20(24(32)34-5)11-15-9-10-26-22(15)30)28-23(31)19-12-17-18(29-19)7-6-8-21(17)33-4/h6-8,12,15-16,20,27,29H,9-11,13-14H2,1-5H3,(H,26,30)(H,28,31)/t15-,16?,20?/m0/s1. The highest BCUT2D eigenvalue weighted by Crippen LogP contribution is 2.26. The summed E-state index contributed by atoms with van der Waals surface area (Å²) >= 11 is 0. The lowest BCUT2D eigenvalue weighted by molar-refractivity contribution is -0.143. The van der Waals surface area contributed by atoms with Gasteiger partial charge in [0.25, 0.3) is 5.91 Å². The van der Waals surface area contributed by atoms with Crippen molar-refractivity contribution in [2.45, 2.75) is 52.1 Å². The highest BCUT2D eigenvalue weighted by atomic mass is 16.5. The summed E-state index contributed by atoms with van der Waals surface area (Å²) in [6.45, 7) is 7.28. The van der Waals surface area contributed by atoms with Crippen LogP contribution in [0, 0.1) is 11.3 Å². The first kappa shape index (κ1) is 25.6. The molecule has 34 heavy (non-hydrogen) atoms. The highest BCUT2D eigenvalue weighted by Gasteiger charge is 2.32. The van der Waals surface area contributed by atoms with E-state index in [1.807, 2.05) is 18.2 Å². The van der Waals surface area contributed by atoms with Gasteiger partial charge in [0.1, 0.15) is 17.5 Å². The Bertz CT molecular complexity index is 1030. The van der Waals surface area contributed by atoms with Gasteiger partial charge in [0.15, 0.2) is 0 Å². The van der Waals surface area contributed by atoms with Gasteiger partial charge < -0.3 is 30.4 Å². The summed E-state index contributed by atoms with van der Waals surface area (Å²) in [7, 11) is 2.93. The largest absolute Gasteiger partial charge is 0.496 e. The quantitative estimate of drug-likeness (QED) is 0.394. The van der Waals surface area contributed by atoms with Crippen molar-refractivity contribution in [1.82, 2.24) is 20.9 Å². The highest BCUT2D eigenvalue weighted by molar-refractivity contribution is 5.99. The number of nitrogens with one attached hydrogen (secondary N) is 4. The maximum atomic E-state index is 13.1. The Morgan fingerprint density at radius 2 is 2.00 bits per heavy atom. The van der Waals surface area contributed by atoms with Gasteiger partial charge in [-0.15, -0.1) is 0 Å². The topological polar surface area (TPSA) is 122 Å². The number of fused-ring (bicyclic) bond motifs is 1.